The van der Waals surface area contributed by atoms with Crippen LogP contribution in [0.1, 0.15) is 15.9 Å². The highest BCUT2D eigenvalue weighted by molar-refractivity contribution is 5.97. The van der Waals surface area contributed by atoms with Gasteiger partial charge in [-0.3, -0.25) is 9.89 Å². The molecular weight excluding hydrogens is 290 g/mol. The number of nitrogens with one attached hydrogen (secondary N) is 1. The molecule has 118 valence electrons. The van der Waals surface area contributed by atoms with Crippen molar-refractivity contribution in [3.8, 4) is 0 Å². The number of hydrogen-bond acceptors (Lipinski definition) is 3. The van der Waals surface area contributed by atoms with Crippen molar-refractivity contribution in [1.82, 2.24) is 15.1 Å². The summed E-state index contributed by atoms with van der Waals surface area (Å²) >= 11 is 0. The first-order valence-corrected chi connectivity index (χ1v) is 7.65. The van der Waals surface area contributed by atoms with Crippen molar-refractivity contribution in [3.05, 3.63) is 65.9 Å². The number of amides is 1. The second kappa shape index (κ2) is 7.07. The lowest BCUT2D eigenvalue weighted by Gasteiger charge is -2.22. The van der Waals surface area contributed by atoms with Crippen LogP contribution in [0.4, 0.5) is 0 Å². The zero-order valence-corrected chi connectivity index (χ0v) is 12.8. The van der Waals surface area contributed by atoms with E-state index in [4.69, 9.17) is 0 Å². The van der Waals surface area contributed by atoms with Crippen LogP contribution in [0.3, 0.4) is 0 Å². The van der Waals surface area contributed by atoms with Gasteiger partial charge in [0.2, 0.25) is 0 Å². The second-order valence-electron chi connectivity index (χ2n) is 5.42. The number of aromatic amines is 1. The number of carbonyl (C=O) groups is 1. The second-order valence-corrected chi connectivity index (χ2v) is 5.42. The predicted molar refractivity (Wildman–Crippen MR) is 89.2 cm³/mol. The predicted octanol–water partition coefficient (Wildman–Crippen LogP) is 2.24. The van der Waals surface area contributed by atoms with Gasteiger partial charge >= 0.3 is 0 Å². The van der Waals surface area contributed by atoms with Crippen LogP contribution in [0.5, 0.6) is 0 Å². The highest BCUT2D eigenvalue weighted by Gasteiger charge is 2.16. The van der Waals surface area contributed by atoms with E-state index in [0.717, 1.165) is 17.3 Å². The Balaban J connectivity index is 1.74. The van der Waals surface area contributed by atoms with E-state index in [-0.39, 0.29) is 12.5 Å². The molecule has 23 heavy (non-hydrogen) atoms. The fraction of sp³-hybridized carbons (Fsp3) is 0.222. The average Bonchev–Trinajstić information content (AvgIpc) is 3.06. The number of aliphatic hydroxyl groups excluding tert-OH is 1. The fourth-order valence-corrected chi connectivity index (χ4v) is 2.60. The molecule has 0 radical (unpaired) electrons. The first-order chi connectivity index (χ1) is 11.3. The van der Waals surface area contributed by atoms with Crippen LogP contribution in [0, 0.1) is 0 Å². The lowest BCUT2D eigenvalue weighted by molar-refractivity contribution is 0.0724. The summed E-state index contributed by atoms with van der Waals surface area (Å²) in [5.74, 6) is -0.0712. The summed E-state index contributed by atoms with van der Waals surface area (Å²) in [6.45, 7) is 0.858. The summed E-state index contributed by atoms with van der Waals surface area (Å²) in [7, 11) is 0. The van der Waals surface area contributed by atoms with E-state index in [2.05, 4.69) is 10.2 Å². The molecule has 0 bridgehead atoms. The van der Waals surface area contributed by atoms with Gasteiger partial charge in [0, 0.05) is 24.0 Å². The van der Waals surface area contributed by atoms with Gasteiger partial charge in [0.05, 0.1) is 18.3 Å². The number of benzene rings is 2. The van der Waals surface area contributed by atoms with Gasteiger partial charge in [-0.15, -0.1) is 0 Å². The van der Waals surface area contributed by atoms with E-state index in [1.54, 1.807) is 17.2 Å². The van der Waals surface area contributed by atoms with Crippen molar-refractivity contribution in [3.63, 3.8) is 0 Å². The highest BCUT2D eigenvalue weighted by atomic mass is 16.3. The van der Waals surface area contributed by atoms with Gasteiger partial charge in [-0.25, -0.2) is 0 Å². The van der Waals surface area contributed by atoms with E-state index in [9.17, 15) is 9.90 Å². The summed E-state index contributed by atoms with van der Waals surface area (Å²) in [5.41, 5.74) is 2.69. The number of H-pyrrole nitrogens is 1. The molecule has 2 aromatic carbocycles. The van der Waals surface area contributed by atoms with Crippen LogP contribution >= 0.6 is 0 Å². The van der Waals surface area contributed by atoms with Crippen LogP contribution in [-0.4, -0.2) is 45.8 Å². The van der Waals surface area contributed by atoms with Crippen molar-refractivity contribution in [2.75, 3.05) is 19.7 Å². The number of rotatable bonds is 6. The molecule has 0 saturated carbocycles. The molecule has 0 atom stereocenters. The number of hydrogen-bond donors (Lipinski definition) is 2. The summed E-state index contributed by atoms with van der Waals surface area (Å²) in [6, 6.07) is 15.5. The van der Waals surface area contributed by atoms with E-state index in [0.29, 0.717) is 18.7 Å². The smallest absolute Gasteiger partial charge is 0.253 e. The van der Waals surface area contributed by atoms with Crippen LogP contribution in [-0.2, 0) is 6.42 Å². The molecule has 0 aliphatic rings. The molecule has 5 nitrogen and oxygen atoms in total. The highest BCUT2D eigenvalue weighted by Crippen LogP contribution is 2.15. The Morgan fingerprint density at radius 2 is 1.96 bits per heavy atom. The normalized spacial score (nSPS) is 10.8. The Hall–Kier alpha value is -2.66. The van der Waals surface area contributed by atoms with E-state index in [1.807, 2.05) is 42.5 Å². The van der Waals surface area contributed by atoms with Gasteiger partial charge < -0.3 is 10.0 Å². The monoisotopic (exact) mass is 309 g/mol. The summed E-state index contributed by atoms with van der Waals surface area (Å²) in [4.78, 5) is 14.4. The quantitative estimate of drug-likeness (QED) is 0.733. The van der Waals surface area contributed by atoms with Gasteiger partial charge in [-0.05, 0) is 30.2 Å². The van der Waals surface area contributed by atoms with Crippen molar-refractivity contribution in [1.29, 1.82) is 0 Å². The molecule has 0 aliphatic carbocycles. The zero-order chi connectivity index (χ0) is 16.1. The van der Waals surface area contributed by atoms with Crippen molar-refractivity contribution >= 4 is 16.8 Å². The molecule has 0 spiro atoms. The van der Waals surface area contributed by atoms with Crippen LogP contribution < -0.4 is 0 Å². The van der Waals surface area contributed by atoms with Gasteiger partial charge in [-0.1, -0.05) is 30.3 Å². The third-order valence-electron chi connectivity index (χ3n) is 3.86. The summed E-state index contributed by atoms with van der Waals surface area (Å²) < 4.78 is 0. The minimum absolute atomic E-state index is 0.0471. The topological polar surface area (TPSA) is 69.2 Å². The van der Waals surface area contributed by atoms with E-state index in [1.165, 1.54) is 5.56 Å². The molecule has 3 aromatic rings. The third kappa shape index (κ3) is 3.57. The summed E-state index contributed by atoms with van der Waals surface area (Å²) in [6.07, 6.45) is 2.47. The molecule has 1 amide bonds. The van der Waals surface area contributed by atoms with Crippen LogP contribution in [0.25, 0.3) is 10.9 Å². The lowest BCUT2D eigenvalue weighted by atomic mass is 10.1. The Kier molecular flexibility index (Phi) is 4.68. The Labute approximate surface area is 134 Å². The first kappa shape index (κ1) is 15.2. The largest absolute Gasteiger partial charge is 0.395 e. The fourth-order valence-electron chi connectivity index (χ4n) is 2.60. The standard InChI is InChI=1S/C18H19N3O2/c22-11-10-21(9-8-14-4-2-1-3-5-14)18(23)15-6-7-17-16(12-15)13-19-20-17/h1-7,12-13,22H,8-11H2,(H,19,20). The minimum atomic E-state index is -0.0712. The molecule has 3 rings (SSSR count). The number of nitrogens with zero attached hydrogens (tertiary/aromatic N) is 2. The maximum absolute atomic E-state index is 12.7. The molecule has 0 fully saturated rings. The number of aliphatic hydroxyl groups is 1. The van der Waals surface area contributed by atoms with Crippen molar-refractivity contribution < 1.29 is 9.90 Å². The number of aromatic nitrogens is 2. The third-order valence-corrected chi connectivity index (χ3v) is 3.86. The first-order valence-electron chi connectivity index (χ1n) is 7.65. The molecule has 1 heterocycles. The van der Waals surface area contributed by atoms with Crippen molar-refractivity contribution in [2.24, 2.45) is 0 Å². The Morgan fingerprint density at radius 1 is 1.13 bits per heavy atom. The Morgan fingerprint density at radius 3 is 2.74 bits per heavy atom. The lowest BCUT2D eigenvalue weighted by Crippen LogP contribution is -2.35. The molecule has 0 aliphatic heterocycles. The van der Waals surface area contributed by atoms with Gasteiger partial charge in [-0.2, -0.15) is 5.10 Å². The minimum Gasteiger partial charge on any atom is -0.395 e. The average molecular weight is 309 g/mol. The number of fused-ring (bicyclic) bond motifs is 1. The SMILES string of the molecule is O=C(c1ccc2[nH]ncc2c1)N(CCO)CCc1ccccc1. The van der Waals surface area contributed by atoms with Gasteiger partial charge in [0.1, 0.15) is 0 Å². The van der Waals surface area contributed by atoms with Gasteiger partial charge in [0.25, 0.3) is 5.91 Å². The summed E-state index contributed by atoms with van der Waals surface area (Å²) in [5, 5.41) is 17.0. The number of carbonyl (C=O) groups excluding carboxylic acids is 1. The molecule has 0 saturated heterocycles. The van der Waals surface area contributed by atoms with Gasteiger partial charge in [0.15, 0.2) is 0 Å². The maximum atomic E-state index is 12.7. The maximum Gasteiger partial charge on any atom is 0.253 e. The molecule has 5 heteroatoms. The Bertz CT molecular complexity index is 783. The van der Waals surface area contributed by atoms with Crippen molar-refractivity contribution in [2.45, 2.75) is 6.42 Å². The zero-order valence-electron chi connectivity index (χ0n) is 12.8. The molecule has 0 unspecified atom stereocenters. The van der Waals surface area contributed by atoms with E-state index >= 15 is 0 Å². The van der Waals surface area contributed by atoms with Crippen LogP contribution in [0.2, 0.25) is 0 Å². The molecular formula is C18H19N3O2. The molecule has 2 N–H and O–H groups in total. The van der Waals surface area contributed by atoms with Crippen LogP contribution in [0.15, 0.2) is 54.7 Å². The van der Waals surface area contributed by atoms with E-state index < -0.39 is 0 Å². The molecule has 1 aromatic heterocycles.